The van der Waals surface area contributed by atoms with Crippen molar-refractivity contribution < 1.29 is 9.53 Å². The van der Waals surface area contributed by atoms with Crippen molar-refractivity contribution in [2.75, 3.05) is 30.8 Å². The van der Waals surface area contributed by atoms with Crippen LogP contribution in [-0.2, 0) is 4.74 Å². The maximum Gasteiger partial charge on any atom is 0.340 e. The Hall–Kier alpha value is -1.71. The minimum Gasteiger partial charge on any atom is -0.465 e. The number of carbonyl (C=O) groups excluding carboxylic acids is 1. The number of rotatable bonds is 2. The van der Waals surface area contributed by atoms with Gasteiger partial charge in [0.1, 0.15) is 0 Å². The molecule has 1 saturated heterocycles. The SMILES string of the molecule is COC(=O)c1cccc(N2CCCC(C)C2)c1N. The molecular weight excluding hydrogens is 228 g/mol. The quantitative estimate of drug-likeness (QED) is 0.644. The Kier molecular flexibility index (Phi) is 3.75. The van der Waals surface area contributed by atoms with E-state index in [1.807, 2.05) is 12.1 Å². The Morgan fingerprint density at radius 3 is 2.94 bits per heavy atom. The van der Waals surface area contributed by atoms with E-state index in [0.29, 0.717) is 17.2 Å². The molecule has 1 fully saturated rings. The summed E-state index contributed by atoms with van der Waals surface area (Å²) < 4.78 is 4.74. The van der Waals surface area contributed by atoms with Crippen LogP contribution in [0.5, 0.6) is 0 Å². The van der Waals surface area contributed by atoms with Gasteiger partial charge in [0.15, 0.2) is 0 Å². The fourth-order valence-electron chi connectivity index (χ4n) is 2.52. The van der Waals surface area contributed by atoms with Crippen LogP contribution < -0.4 is 10.6 Å². The Morgan fingerprint density at radius 1 is 1.50 bits per heavy atom. The number of anilines is 2. The van der Waals surface area contributed by atoms with Crippen molar-refractivity contribution in [3.05, 3.63) is 23.8 Å². The molecule has 2 N–H and O–H groups in total. The first-order chi connectivity index (χ1) is 8.63. The molecule has 1 aromatic carbocycles. The Morgan fingerprint density at radius 2 is 2.28 bits per heavy atom. The van der Waals surface area contributed by atoms with Gasteiger partial charge in [-0.3, -0.25) is 0 Å². The second-order valence-corrected chi connectivity index (χ2v) is 4.92. The number of carbonyl (C=O) groups is 1. The second kappa shape index (κ2) is 5.29. The molecule has 0 saturated carbocycles. The van der Waals surface area contributed by atoms with E-state index in [0.717, 1.165) is 18.8 Å². The smallest absolute Gasteiger partial charge is 0.340 e. The lowest BCUT2D eigenvalue weighted by molar-refractivity contribution is 0.0602. The van der Waals surface area contributed by atoms with E-state index in [1.54, 1.807) is 6.07 Å². The molecule has 1 atom stereocenters. The van der Waals surface area contributed by atoms with Gasteiger partial charge < -0.3 is 15.4 Å². The van der Waals surface area contributed by atoms with Gasteiger partial charge in [0.25, 0.3) is 0 Å². The van der Waals surface area contributed by atoms with Crippen molar-refractivity contribution in [3.63, 3.8) is 0 Å². The normalized spacial score (nSPS) is 19.7. The van der Waals surface area contributed by atoms with Crippen molar-refractivity contribution >= 4 is 17.3 Å². The number of benzene rings is 1. The third-order valence-electron chi connectivity index (χ3n) is 3.49. The number of hydrogen-bond acceptors (Lipinski definition) is 4. The van der Waals surface area contributed by atoms with Gasteiger partial charge in [0.2, 0.25) is 0 Å². The molecule has 1 aliphatic rings. The second-order valence-electron chi connectivity index (χ2n) is 4.92. The lowest BCUT2D eigenvalue weighted by Crippen LogP contribution is -2.34. The van der Waals surface area contributed by atoms with Crippen LogP contribution in [0.3, 0.4) is 0 Å². The third-order valence-corrected chi connectivity index (χ3v) is 3.49. The van der Waals surface area contributed by atoms with Gasteiger partial charge in [-0.05, 0) is 30.9 Å². The number of esters is 1. The summed E-state index contributed by atoms with van der Waals surface area (Å²) in [5, 5.41) is 0. The number of nitrogens with zero attached hydrogens (tertiary/aromatic N) is 1. The summed E-state index contributed by atoms with van der Waals surface area (Å²) in [4.78, 5) is 13.9. The average molecular weight is 248 g/mol. The van der Waals surface area contributed by atoms with Crippen LogP contribution in [0.4, 0.5) is 11.4 Å². The maximum absolute atomic E-state index is 11.6. The van der Waals surface area contributed by atoms with Crippen LogP contribution in [0, 0.1) is 5.92 Å². The third kappa shape index (κ3) is 2.42. The minimum atomic E-state index is -0.376. The van der Waals surface area contributed by atoms with Gasteiger partial charge in [0.05, 0.1) is 24.0 Å². The molecule has 1 aromatic rings. The van der Waals surface area contributed by atoms with E-state index in [1.165, 1.54) is 20.0 Å². The number of hydrogen-bond donors (Lipinski definition) is 1. The summed E-state index contributed by atoms with van der Waals surface area (Å²) in [5.41, 5.74) is 8.02. The average Bonchev–Trinajstić information content (AvgIpc) is 2.38. The summed E-state index contributed by atoms with van der Waals surface area (Å²) in [6.07, 6.45) is 2.43. The molecule has 4 nitrogen and oxygen atoms in total. The fraction of sp³-hybridized carbons (Fsp3) is 0.500. The molecule has 0 radical (unpaired) electrons. The molecular formula is C14H20N2O2. The number of methoxy groups -OCH3 is 1. The van der Waals surface area contributed by atoms with Crippen molar-refractivity contribution in [3.8, 4) is 0 Å². The first-order valence-electron chi connectivity index (χ1n) is 6.35. The van der Waals surface area contributed by atoms with Crippen molar-refractivity contribution in [1.82, 2.24) is 0 Å². The largest absolute Gasteiger partial charge is 0.465 e. The van der Waals surface area contributed by atoms with Crippen LogP contribution in [0.1, 0.15) is 30.1 Å². The van der Waals surface area contributed by atoms with Crippen molar-refractivity contribution in [2.45, 2.75) is 19.8 Å². The molecule has 0 aromatic heterocycles. The zero-order chi connectivity index (χ0) is 13.1. The van der Waals surface area contributed by atoms with Crippen LogP contribution in [-0.4, -0.2) is 26.2 Å². The van der Waals surface area contributed by atoms with Crippen LogP contribution >= 0.6 is 0 Å². The van der Waals surface area contributed by atoms with Crippen LogP contribution in [0.2, 0.25) is 0 Å². The number of nitrogens with two attached hydrogens (primary N) is 1. The number of nitrogen functional groups attached to an aromatic ring is 1. The van der Waals surface area contributed by atoms with Crippen LogP contribution in [0.15, 0.2) is 18.2 Å². The van der Waals surface area contributed by atoms with Gasteiger partial charge in [0, 0.05) is 13.1 Å². The van der Waals surface area contributed by atoms with E-state index in [9.17, 15) is 4.79 Å². The van der Waals surface area contributed by atoms with E-state index in [4.69, 9.17) is 10.5 Å². The van der Waals surface area contributed by atoms with Crippen molar-refractivity contribution in [2.24, 2.45) is 5.92 Å². The zero-order valence-corrected chi connectivity index (χ0v) is 11.0. The number of ether oxygens (including phenoxy) is 1. The Bertz CT molecular complexity index is 445. The number of para-hydroxylation sites is 1. The van der Waals surface area contributed by atoms with Gasteiger partial charge >= 0.3 is 5.97 Å². The summed E-state index contributed by atoms with van der Waals surface area (Å²) in [6.45, 7) is 4.24. The molecule has 1 heterocycles. The van der Waals surface area contributed by atoms with E-state index >= 15 is 0 Å². The molecule has 4 heteroatoms. The minimum absolute atomic E-state index is 0.376. The van der Waals surface area contributed by atoms with Gasteiger partial charge in [-0.1, -0.05) is 13.0 Å². The highest BCUT2D eigenvalue weighted by atomic mass is 16.5. The van der Waals surface area contributed by atoms with Crippen molar-refractivity contribution in [1.29, 1.82) is 0 Å². The Labute approximate surface area is 108 Å². The molecule has 1 unspecified atom stereocenters. The highest BCUT2D eigenvalue weighted by Gasteiger charge is 2.21. The monoisotopic (exact) mass is 248 g/mol. The van der Waals surface area contributed by atoms with Gasteiger partial charge in [-0.15, -0.1) is 0 Å². The fourth-order valence-corrected chi connectivity index (χ4v) is 2.52. The highest BCUT2D eigenvalue weighted by Crippen LogP contribution is 2.30. The van der Waals surface area contributed by atoms with Gasteiger partial charge in [-0.25, -0.2) is 4.79 Å². The summed E-state index contributed by atoms with van der Waals surface area (Å²) in [5.74, 6) is 0.291. The van der Waals surface area contributed by atoms with Crippen LogP contribution in [0.25, 0.3) is 0 Å². The summed E-state index contributed by atoms with van der Waals surface area (Å²) >= 11 is 0. The molecule has 0 spiro atoms. The standard InChI is InChI=1S/C14H20N2O2/c1-10-5-4-8-16(9-10)12-7-3-6-11(13(12)15)14(17)18-2/h3,6-7,10H,4-5,8-9,15H2,1-2H3. The lowest BCUT2D eigenvalue weighted by atomic mass is 9.99. The topological polar surface area (TPSA) is 55.6 Å². The first-order valence-corrected chi connectivity index (χ1v) is 6.35. The van der Waals surface area contributed by atoms with E-state index in [2.05, 4.69) is 11.8 Å². The van der Waals surface area contributed by atoms with E-state index in [-0.39, 0.29) is 5.97 Å². The summed E-state index contributed by atoms with van der Waals surface area (Å²) in [7, 11) is 1.37. The predicted octanol–water partition coefficient (Wildman–Crippen LogP) is 2.29. The highest BCUT2D eigenvalue weighted by molar-refractivity contribution is 5.98. The van der Waals surface area contributed by atoms with Gasteiger partial charge in [-0.2, -0.15) is 0 Å². The molecule has 2 rings (SSSR count). The molecule has 0 amide bonds. The molecule has 18 heavy (non-hydrogen) atoms. The lowest BCUT2D eigenvalue weighted by Gasteiger charge is -2.33. The zero-order valence-electron chi connectivity index (χ0n) is 11.0. The Balaban J connectivity index is 2.30. The molecule has 0 bridgehead atoms. The number of piperidine rings is 1. The molecule has 0 aliphatic carbocycles. The predicted molar refractivity (Wildman–Crippen MR) is 72.8 cm³/mol. The maximum atomic E-state index is 11.6. The first kappa shape index (κ1) is 12.7. The summed E-state index contributed by atoms with van der Waals surface area (Å²) in [6, 6.07) is 5.54. The molecule has 1 aliphatic heterocycles. The molecule has 98 valence electrons. The van der Waals surface area contributed by atoms with E-state index < -0.39 is 0 Å².